The van der Waals surface area contributed by atoms with E-state index in [1.165, 1.54) is 44.5 Å². The lowest BCUT2D eigenvalue weighted by Gasteiger charge is -2.35. The monoisotopic (exact) mass is 622 g/mol. The van der Waals surface area contributed by atoms with Crippen LogP contribution in [0.25, 0.3) is 57.2 Å². The fraction of sp³-hybridized carbons (Fsp3) is 0.0222. The van der Waals surface area contributed by atoms with Crippen LogP contribution in [0.4, 0.5) is 0 Å². The van der Waals surface area contributed by atoms with E-state index in [2.05, 4.69) is 115 Å². The Balaban J connectivity index is 1.31. The summed E-state index contributed by atoms with van der Waals surface area (Å²) in [5.74, 6) is 0.600. The van der Waals surface area contributed by atoms with Gasteiger partial charge in [-0.1, -0.05) is 121 Å². The van der Waals surface area contributed by atoms with Gasteiger partial charge in [0.15, 0.2) is 5.82 Å². The number of rotatable bonds is 3. The maximum Gasteiger partial charge on any atom is 0.160 e. The first-order valence-electron chi connectivity index (χ1n) is 16.2. The molecule has 6 aromatic carbocycles. The predicted molar refractivity (Wildman–Crippen MR) is 194 cm³/mol. The highest BCUT2D eigenvalue weighted by Gasteiger charge is 2.48. The number of hydrogen-bond donors (Lipinski definition) is 0. The fourth-order valence-electron chi connectivity index (χ4n) is 7.59. The Kier molecular flexibility index (Phi) is 6.44. The van der Waals surface area contributed by atoms with E-state index < -0.39 is 5.41 Å². The van der Waals surface area contributed by atoms with Crippen molar-refractivity contribution in [1.29, 1.82) is 10.5 Å². The van der Waals surface area contributed by atoms with E-state index in [9.17, 15) is 10.5 Å². The summed E-state index contributed by atoms with van der Waals surface area (Å²) in [6.45, 7) is 0. The number of nitriles is 2. The van der Waals surface area contributed by atoms with Gasteiger partial charge in [0.05, 0.1) is 40.1 Å². The first-order valence-corrected chi connectivity index (χ1v) is 16.2. The summed E-state index contributed by atoms with van der Waals surface area (Å²) in [7, 11) is 0. The minimum atomic E-state index is -0.556. The summed E-state index contributed by atoms with van der Waals surface area (Å²) in [6.07, 6.45) is 4.48. The Labute approximate surface area is 284 Å². The normalized spacial score (nSPS) is 12.9. The molecule has 1 aromatic heterocycles. The Morgan fingerprint density at radius 3 is 1.45 bits per heavy atom. The van der Waals surface area contributed by atoms with Crippen molar-refractivity contribution in [2.75, 3.05) is 0 Å². The quantitative estimate of drug-likeness (QED) is 0.197. The van der Waals surface area contributed by atoms with Gasteiger partial charge >= 0.3 is 0 Å². The van der Waals surface area contributed by atoms with E-state index in [-0.39, 0.29) is 0 Å². The van der Waals surface area contributed by atoms with Crippen LogP contribution in [-0.4, -0.2) is 9.97 Å². The topological polar surface area (TPSA) is 73.4 Å². The van der Waals surface area contributed by atoms with Gasteiger partial charge in [0.25, 0.3) is 0 Å². The van der Waals surface area contributed by atoms with Gasteiger partial charge in [-0.15, -0.1) is 0 Å². The van der Waals surface area contributed by atoms with Crippen LogP contribution in [0.1, 0.15) is 44.5 Å². The van der Waals surface area contributed by atoms with Crippen LogP contribution in [-0.2, 0) is 5.41 Å². The molecule has 0 aliphatic heterocycles. The lowest BCUT2D eigenvalue weighted by Crippen LogP contribution is -2.30. The van der Waals surface area contributed by atoms with Gasteiger partial charge in [0.2, 0.25) is 0 Å². The zero-order valence-electron chi connectivity index (χ0n) is 26.3. The molecular weight excluding hydrogens is 597 g/mol. The van der Waals surface area contributed by atoms with Crippen molar-refractivity contribution in [3.8, 4) is 57.2 Å². The predicted octanol–water partition coefficient (Wildman–Crippen LogP) is 10.1. The number of fused-ring (bicyclic) bond motifs is 9. The van der Waals surface area contributed by atoms with E-state index >= 15 is 0 Å². The number of benzene rings is 6. The minimum absolute atomic E-state index is 0.556. The zero-order chi connectivity index (χ0) is 33.0. The number of aromatic nitrogens is 2. The lowest BCUT2D eigenvalue weighted by molar-refractivity contribution is 0.766. The molecule has 0 saturated carbocycles. The van der Waals surface area contributed by atoms with E-state index in [0.29, 0.717) is 17.0 Å². The molecule has 226 valence electrons. The largest absolute Gasteiger partial charge is 0.228 e. The Morgan fingerprint density at radius 1 is 0.429 bits per heavy atom. The molecule has 0 radical (unpaired) electrons. The molecule has 0 bridgehead atoms. The summed E-state index contributed by atoms with van der Waals surface area (Å²) in [4.78, 5) is 10.3. The Morgan fingerprint density at radius 2 is 0.898 bits per heavy atom. The van der Waals surface area contributed by atoms with E-state index in [1.807, 2.05) is 54.6 Å². The summed E-state index contributed by atoms with van der Waals surface area (Å²) in [5, 5.41) is 18.8. The lowest BCUT2D eigenvalue weighted by atomic mass is 9.66. The molecule has 49 heavy (non-hydrogen) atoms. The molecule has 0 fully saturated rings. The SMILES string of the molecule is N#Cc1ccc(-c2cc(-c3ccc(C#N)cc3)nc(-c3ccc4c(c3)C3(c5ccccc5C=Cc5ccccc53)c3ccccc3-4)n2)cc1. The van der Waals surface area contributed by atoms with Crippen molar-refractivity contribution >= 4 is 12.2 Å². The third kappa shape index (κ3) is 4.36. The van der Waals surface area contributed by atoms with Crippen LogP contribution in [0.5, 0.6) is 0 Å². The molecule has 1 heterocycles. The molecule has 0 N–H and O–H groups in total. The number of nitrogens with zero attached hydrogens (tertiary/aromatic N) is 4. The molecule has 2 aliphatic carbocycles. The molecule has 1 spiro atoms. The molecule has 0 saturated heterocycles. The Hall–Kier alpha value is -6.88. The summed E-state index contributed by atoms with van der Waals surface area (Å²) in [5.41, 5.74) is 14.5. The zero-order valence-corrected chi connectivity index (χ0v) is 26.3. The van der Waals surface area contributed by atoms with Crippen molar-refractivity contribution in [3.05, 3.63) is 190 Å². The van der Waals surface area contributed by atoms with Gasteiger partial charge in [-0.3, -0.25) is 0 Å². The van der Waals surface area contributed by atoms with Crippen LogP contribution >= 0.6 is 0 Å². The average molecular weight is 623 g/mol. The number of hydrogen-bond acceptors (Lipinski definition) is 4. The smallest absolute Gasteiger partial charge is 0.160 e. The second-order valence-electron chi connectivity index (χ2n) is 12.4. The van der Waals surface area contributed by atoms with Crippen molar-refractivity contribution in [3.63, 3.8) is 0 Å². The van der Waals surface area contributed by atoms with Crippen LogP contribution in [0, 0.1) is 22.7 Å². The van der Waals surface area contributed by atoms with Gasteiger partial charge in [0.1, 0.15) is 0 Å². The van der Waals surface area contributed by atoms with E-state index in [0.717, 1.165) is 28.1 Å². The highest BCUT2D eigenvalue weighted by atomic mass is 14.9. The Bertz CT molecular complexity index is 2440. The standard InChI is InChI=1S/C45H26N4/c46-27-29-13-17-33(18-14-29)42-26-43(34-19-15-30(28-47)16-20-34)49-44(48-42)35-23-24-37-36-9-3-6-12-40(36)45(41(37)25-35)38-10-4-1-7-31(38)21-22-32-8-2-5-11-39(32)45/h1-26H. The summed E-state index contributed by atoms with van der Waals surface area (Å²) < 4.78 is 0. The molecule has 2 aliphatic rings. The second-order valence-corrected chi connectivity index (χ2v) is 12.4. The highest BCUT2D eigenvalue weighted by molar-refractivity contribution is 5.92. The molecule has 0 atom stereocenters. The van der Waals surface area contributed by atoms with Crippen LogP contribution in [0.3, 0.4) is 0 Å². The molecule has 4 nitrogen and oxygen atoms in total. The average Bonchev–Trinajstić information content (AvgIpc) is 3.38. The molecule has 7 aromatic rings. The maximum atomic E-state index is 9.41. The van der Waals surface area contributed by atoms with Crippen LogP contribution in [0.15, 0.2) is 146 Å². The molecule has 4 heteroatoms. The summed E-state index contributed by atoms with van der Waals surface area (Å²) >= 11 is 0. The van der Waals surface area contributed by atoms with Gasteiger partial charge in [-0.25, -0.2) is 9.97 Å². The fourth-order valence-corrected chi connectivity index (χ4v) is 7.59. The van der Waals surface area contributed by atoms with Crippen molar-refractivity contribution in [2.45, 2.75) is 5.41 Å². The molecular formula is C45H26N4. The van der Waals surface area contributed by atoms with Crippen molar-refractivity contribution in [2.24, 2.45) is 0 Å². The minimum Gasteiger partial charge on any atom is -0.228 e. The maximum absolute atomic E-state index is 9.41. The first kappa shape index (κ1) is 28.4. The van der Waals surface area contributed by atoms with Crippen LogP contribution < -0.4 is 0 Å². The molecule has 9 rings (SSSR count). The third-order valence-corrected chi connectivity index (χ3v) is 9.82. The second kappa shape index (κ2) is 11.1. The molecule has 0 unspecified atom stereocenters. The summed E-state index contributed by atoms with van der Waals surface area (Å²) in [6, 6.07) is 54.2. The van der Waals surface area contributed by atoms with Crippen molar-refractivity contribution < 1.29 is 0 Å². The third-order valence-electron chi connectivity index (χ3n) is 9.82. The van der Waals surface area contributed by atoms with Gasteiger partial charge in [0, 0.05) is 16.7 Å². The van der Waals surface area contributed by atoms with Gasteiger partial charge < -0.3 is 0 Å². The van der Waals surface area contributed by atoms with Gasteiger partial charge in [-0.05, 0) is 80.9 Å². The van der Waals surface area contributed by atoms with Gasteiger partial charge in [-0.2, -0.15) is 10.5 Å². The first-order chi connectivity index (χ1) is 24.2. The van der Waals surface area contributed by atoms with Crippen molar-refractivity contribution in [1.82, 2.24) is 9.97 Å². The highest BCUT2D eigenvalue weighted by Crippen LogP contribution is 2.58. The van der Waals surface area contributed by atoms with Crippen LogP contribution in [0.2, 0.25) is 0 Å². The molecule has 0 amide bonds. The van der Waals surface area contributed by atoms with E-state index in [1.54, 1.807) is 0 Å². The van der Waals surface area contributed by atoms with E-state index in [4.69, 9.17) is 9.97 Å².